The largest absolute Gasteiger partial charge is 0.457 e. The second-order valence-electron chi connectivity index (χ2n) is 4.08. The SMILES string of the molecule is Cc1cc(Oc2cccc(Cl)c2C=O)ccc1[N+](=O)[O-]. The van der Waals surface area contributed by atoms with Crippen LogP contribution in [0.15, 0.2) is 36.4 Å². The molecule has 2 rings (SSSR count). The van der Waals surface area contributed by atoms with E-state index in [1.165, 1.54) is 18.2 Å². The van der Waals surface area contributed by atoms with E-state index < -0.39 is 4.92 Å². The predicted octanol–water partition coefficient (Wildman–Crippen LogP) is 4.16. The summed E-state index contributed by atoms with van der Waals surface area (Å²) in [6.07, 6.45) is 0.607. The van der Waals surface area contributed by atoms with Crippen molar-refractivity contribution in [2.75, 3.05) is 0 Å². The minimum atomic E-state index is -0.463. The minimum absolute atomic E-state index is 0.0130. The van der Waals surface area contributed by atoms with E-state index in [-0.39, 0.29) is 16.3 Å². The number of benzene rings is 2. The number of nitro groups is 1. The molecule has 0 unspecified atom stereocenters. The van der Waals surface area contributed by atoms with Crippen LogP contribution in [0.4, 0.5) is 5.69 Å². The van der Waals surface area contributed by atoms with Crippen molar-refractivity contribution < 1.29 is 14.5 Å². The molecule has 0 aliphatic heterocycles. The van der Waals surface area contributed by atoms with Gasteiger partial charge in [0, 0.05) is 11.6 Å². The van der Waals surface area contributed by atoms with Crippen molar-refractivity contribution in [1.82, 2.24) is 0 Å². The van der Waals surface area contributed by atoms with Crippen molar-refractivity contribution in [3.8, 4) is 11.5 Å². The number of carbonyl (C=O) groups excluding carboxylic acids is 1. The summed E-state index contributed by atoms with van der Waals surface area (Å²) in [6.45, 7) is 1.61. The van der Waals surface area contributed by atoms with Crippen molar-refractivity contribution >= 4 is 23.6 Å². The Kier molecular flexibility index (Phi) is 4.00. The molecule has 2 aromatic rings. The molecule has 0 saturated carbocycles. The van der Waals surface area contributed by atoms with Crippen LogP contribution in [-0.2, 0) is 0 Å². The fourth-order valence-electron chi connectivity index (χ4n) is 1.74. The van der Waals surface area contributed by atoms with Gasteiger partial charge in [-0.05, 0) is 31.2 Å². The monoisotopic (exact) mass is 291 g/mol. The van der Waals surface area contributed by atoms with Gasteiger partial charge in [0.15, 0.2) is 6.29 Å². The molecular formula is C14H10ClNO4. The van der Waals surface area contributed by atoms with E-state index in [1.54, 1.807) is 25.1 Å². The first-order valence-electron chi connectivity index (χ1n) is 5.69. The number of halogens is 1. The Labute approximate surface area is 119 Å². The molecule has 0 aliphatic rings. The van der Waals surface area contributed by atoms with Gasteiger partial charge in [0.05, 0.1) is 15.5 Å². The lowest BCUT2D eigenvalue weighted by atomic mass is 10.2. The van der Waals surface area contributed by atoms with Gasteiger partial charge in [-0.3, -0.25) is 14.9 Å². The molecule has 0 N–H and O–H groups in total. The number of hydrogen-bond donors (Lipinski definition) is 0. The van der Waals surface area contributed by atoms with Gasteiger partial charge in [-0.1, -0.05) is 17.7 Å². The van der Waals surface area contributed by atoms with Crippen LogP contribution in [0.5, 0.6) is 11.5 Å². The van der Waals surface area contributed by atoms with Gasteiger partial charge in [-0.15, -0.1) is 0 Å². The average Bonchev–Trinajstić information content (AvgIpc) is 2.38. The van der Waals surface area contributed by atoms with Crippen LogP contribution in [0.1, 0.15) is 15.9 Å². The van der Waals surface area contributed by atoms with Crippen LogP contribution in [0.25, 0.3) is 0 Å². The molecule has 0 radical (unpaired) electrons. The molecule has 0 bridgehead atoms. The first-order valence-corrected chi connectivity index (χ1v) is 6.07. The van der Waals surface area contributed by atoms with E-state index >= 15 is 0 Å². The van der Waals surface area contributed by atoms with Crippen molar-refractivity contribution in [2.24, 2.45) is 0 Å². The lowest BCUT2D eigenvalue weighted by Gasteiger charge is -2.09. The Bertz CT molecular complexity index is 685. The number of aldehydes is 1. The number of rotatable bonds is 4. The number of hydrogen-bond acceptors (Lipinski definition) is 4. The summed E-state index contributed by atoms with van der Waals surface area (Å²) in [5.74, 6) is 0.708. The van der Waals surface area contributed by atoms with E-state index in [1.807, 2.05) is 0 Å². The molecule has 5 nitrogen and oxygen atoms in total. The Hall–Kier alpha value is -2.40. The molecule has 0 atom stereocenters. The Morgan fingerprint density at radius 3 is 2.65 bits per heavy atom. The zero-order chi connectivity index (χ0) is 14.7. The average molecular weight is 292 g/mol. The molecule has 0 spiro atoms. The molecule has 0 aromatic heterocycles. The molecule has 0 heterocycles. The third-order valence-electron chi connectivity index (χ3n) is 2.72. The highest BCUT2D eigenvalue weighted by molar-refractivity contribution is 6.33. The van der Waals surface area contributed by atoms with Gasteiger partial charge >= 0.3 is 0 Å². The lowest BCUT2D eigenvalue weighted by molar-refractivity contribution is -0.385. The van der Waals surface area contributed by atoms with E-state index in [9.17, 15) is 14.9 Å². The molecular weight excluding hydrogens is 282 g/mol. The van der Waals surface area contributed by atoms with E-state index in [4.69, 9.17) is 16.3 Å². The Balaban J connectivity index is 2.36. The summed E-state index contributed by atoms with van der Waals surface area (Å²) in [4.78, 5) is 21.3. The lowest BCUT2D eigenvalue weighted by Crippen LogP contribution is -1.94. The third kappa shape index (κ3) is 2.78. The highest BCUT2D eigenvalue weighted by atomic mass is 35.5. The minimum Gasteiger partial charge on any atom is -0.457 e. The molecule has 0 fully saturated rings. The Morgan fingerprint density at radius 2 is 2.05 bits per heavy atom. The summed E-state index contributed by atoms with van der Waals surface area (Å²) in [5.41, 5.74) is 0.728. The van der Waals surface area contributed by atoms with Gasteiger partial charge in [0.25, 0.3) is 5.69 Å². The van der Waals surface area contributed by atoms with Crippen LogP contribution < -0.4 is 4.74 Å². The standard InChI is InChI=1S/C14H10ClNO4/c1-9-7-10(5-6-13(9)16(18)19)20-14-4-2-3-12(15)11(14)8-17/h2-8H,1H3. The molecule has 0 saturated heterocycles. The maximum absolute atomic E-state index is 11.0. The quantitative estimate of drug-likeness (QED) is 0.482. The number of carbonyl (C=O) groups is 1. The number of ether oxygens (including phenoxy) is 1. The van der Waals surface area contributed by atoms with Crippen molar-refractivity contribution in [1.29, 1.82) is 0 Å². The van der Waals surface area contributed by atoms with Crippen molar-refractivity contribution in [2.45, 2.75) is 6.92 Å². The second kappa shape index (κ2) is 5.71. The van der Waals surface area contributed by atoms with Crippen LogP contribution in [-0.4, -0.2) is 11.2 Å². The first kappa shape index (κ1) is 14.0. The molecule has 2 aromatic carbocycles. The highest BCUT2D eigenvalue weighted by Gasteiger charge is 2.13. The van der Waals surface area contributed by atoms with Crippen molar-refractivity contribution in [3.05, 3.63) is 62.7 Å². The normalized spacial score (nSPS) is 10.1. The highest BCUT2D eigenvalue weighted by Crippen LogP contribution is 2.31. The number of nitro benzene ring substituents is 1. The molecule has 0 amide bonds. The van der Waals surface area contributed by atoms with Crippen molar-refractivity contribution in [3.63, 3.8) is 0 Å². The summed E-state index contributed by atoms with van der Waals surface area (Å²) < 4.78 is 5.56. The topological polar surface area (TPSA) is 69.4 Å². The fourth-order valence-corrected chi connectivity index (χ4v) is 1.95. The predicted molar refractivity (Wildman–Crippen MR) is 74.7 cm³/mol. The second-order valence-corrected chi connectivity index (χ2v) is 4.48. The first-order chi connectivity index (χ1) is 9.52. The van der Waals surface area contributed by atoms with Crippen LogP contribution >= 0.6 is 11.6 Å². The summed E-state index contributed by atoms with van der Waals surface area (Å²) >= 11 is 5.89. The number of nitrogens with zero attached hydrogens (tertiary/aromatic N) is 1. The Morgan fingerprint density at radius 1 is 1.30 bits per heavy atom. The smallest absolute Gasteiger partial charge is 0.272 e. The summed E-state index contributed by atoms with van der Waals surface area (Å²) in [7, 11) is 0. The van der Waals surface area contributed by atoms with Gasteiger partial charge in [-0.25, -0.2) is 0 Å². The van der Waals surface area contributed by atoms with E-state index in [0.29, 0.717) is 23.3 Å². The van der Waals surface area contributed by atoms with Gasteiger partial charge in [0.2, 0.25) is 0 Å². The van der Waals surface area contributed by atoms with Gasteiger partial charge in [0.1, 0.15) is 11.5 Å². The fraction of sp³-hybridized carbons (Fsp3) is 0.0714. The zero-order valence-electron chi connectivity index (χ0n) is 10.5. The summed E-state index contributed by atoms with van der Waals surface area (Å²) in [5, 5.41) is 11.0. The molecule has 20 heavy (non-hydrogen) atoms. The van der Waals surface area contributed by atoms with Gasteiger partial charge in [-0.2, -0.15) is 0 Å². The maximum Gasteiger partial charge on any atom is 0.272 e. The molecule has 102 valence electrons. The molecule has 0 aliphatic carbocycles. The van der Waals surface area contributed by atoms with Crippen LogP contribution in [0.2, 0.25) is 5.02 Å². The third-order valence-corrected chi connectivity index (χ3v) is 3.05. The molecule has 6 heteroatoms. The van der Waals surface area contributed by atoms with Crippen LogP contribution in [0.3, 0.4) is 0 Å². The van der Waals surface area contributed by atoms with Gasteiger partial charge < -0.3 is 4.74 Å². The summed E-state index contributed by atoms with van der Waals surface area (Å²) in [6, 6.07) is 9.21. The van der Waals surface area contributed by atoms with Crippen LogP contribution in [0, 0.1) is 17.0 Å². The van der Waals surface area contributed by atoms with E-state index in [2.05, 4.69) is 0 Å². The van der Waals surface area contributed by atoms with E-state index in [0.717, 1.165) is 0 Å². The number of aryl methyl sites for hydroxylation is 1. The maximum atomic E-state index is 11.0. The zero-order valence-corrected chi connectivity index (χ0v) is 11.3.